The van der Waals surface area contributed by atoms with Gasteiger partial charge in [0.1, 0.15) is 5.82 Å². The Morgan fingerprint density at radius 1 is 1.04 bits per heavy atom. The molecule has 2 heterocycles. The monoisotopic (exact) mass is 364 g/mol. The quantitative estimate of drug-likeness (QED) is 0.541. The molecule has 0 saturated carbocycles. The van der Waals surface area contributed by atoms with Gasteiger partial charge in [-0.05, 0) is 42.0 Å². The first kappa shape index (κ1) is 16.9. The summed E-state index contributed by atoms with van der Waals surface area (Å²) >= 11 is 0. The highest BCUT2D eigenvalue weighted by Gasteiger charge is 2.14. The van der Waals surface area contributed by atoms with E-state index in [-0.39, 0.29) is 5.82 Å². The Morgan fingerprint density at radius 3 is 2.48 bits per heavy atom. The largest absolute Gasteiger partial charge is 0.378 e. The summed E-state index contributed by atoms with van der Waals surface area (Å²) in [4.78, 5) is 6.42. The average Bonchev–Trinajstić information content (AvgIpc) is 3.33. The summed E-state index contributed by atoms with van der Waals surface area (Å²) in [6, 6.07) is 14.1. The van der Waals surface area contributed by atoms with Crippen LogP contribution >= 0.6 is 0 Å². The molecule has 27 heavy (non-hydrogen) atoms. The van der Waals surface area contributed by atoms with Crippen LogP contribution in [-0.2, 0) is 6.54 Å². The van der Waals surface area contributed by atoms with E-state index in [1.807, 2.05) is 43.3 Å². The minimum absolute atomic E-state index is 0.268. The van der Waals surface area contributed by atoms with Crippen LogP contribution in [-0.4, -0.2) is 39.2 Å². The van der Waals surface area contributed by atoms with Crippen LogP contribution < -0.4 is 4.90 Å². The highest BCUT2D eigenvalue weighted by Crippen LogP contribution is 2.23. The molecule has 2 aromatic carbocycles. The molecule has 0 unspecified atom stereocenters. The molecule has 0 spiro atoms. The second-order valence-electron chi connectivity index (χ2n) is 6.29. The maximum absolute atomic E-state index is 13.0. The molecule has 0 bridgehead atoms. The SMILES string of the molecule is CN(C)c1ccc(-c2nc(-c3cn(Cc4ccc(F)cc4)nn3)no2)cc1. The van der Waals surface area contributed by atoms with Gasteiger partial charge in [-0.1, -0.05) is 22.5 Å². The zero-order valence-corrected chi connectivity index (χ0v) is 14.9. The van der Waals surface area contributed by atoms with Gasteiger partial charge in [-0.2, -0.15) is 4.98 Å². The van der Waals surface area contributed by atoms with E-state index in [1.165, 1.54) is 12.1 Å². The molecular weight excluding hydrogens is 347 g/mol. The third kappa shape index (κ3) is 3.69. The Hall–Kier alpha value is -3.55. The van der Waals surface area contributed by atoms with E-state index in [1.54, 1.807) is 23.0 Å². The summed E-state index contributed by atoms with van der Waals surface area (Å²) in [5, 5.41) is 12.2. The molecule has 0 saturated heterocycles. The number of rotatable bonds is 5. The fourth-order valence-corrected chi connectivity index (χ4v) is 2.60. The van der Waals surface area contributed by atoms with Gasteiger partial charge >= 0.3 is 0 Å². The number of hydrogen-bond donors (Lipinski definition) is 0. The van der Waals surface area contributed by atoms with Gasteiger partial charge in [-0.15, -0.1) is 5.10 Å². The summed E-state index contributed by atoms with van der Waals surface area (Å²) in [5.74, 6) is 0.520. The average molecular weight is 364 g/mol. The van der Waals surface area contributed by atoms with Crippen LogP contribution in [0, 0.1) is 5.82 Å². The Morgan fingerprint density at radius 2 is 1.78 bits per heavy atom. The molecular formula is C19H17FN6O. The van der Waals surface area contributed by atoms with E-state index in [2.05, 4.69) is 20.5 Å². The first-order valence-electron chi connectivity index (χ1n) is 8.35. The van der Waals surface area contributed by atoms with Crippen LogP contribution in [0.1, 0.15) is 5.56 Å². The van der Waals surface area contributed by atoms with Gasteiger partial charge in [0.25, 0.3) is 5.89 Å². The van der Waals surface area contributed by atoms with E-state index in [0.29, 0.717) is 24.0 Å². The van der Waals surface area contributed by atoms with Gasteiger partial charge in [-0.3, -0.25) is 0 Å². The Labute approximate surface area is 155 Å². The van der Waals surface area contributed by atoms with Gasteiger partial charge in [0.2, 0.25) is 5.82 Å². The minimum Gasteiger partial charge on any atom is -0.378 e. The summed E-state index contributed by atoms with van der Waals surface area (Å²) in [6.07, 6.45) is 1.73. The van der Waals surface area contributed by atoms with Crippen molar-refractivity contribution in [2.75, 3.05) is 19.0 Å². The second kappa shape index (κ2) is 6.99. The molecule has 8 heteroatoms. The van der Waals surface area contributed by atoms with E-state index in [9.17, 15) is 4.39 Å². The molecule has 0 aliphatic heterocycles. The van der Waals surface area contributed by atoms with Crippen molar-refractivity contribution in [2.24, 2.45) is 0 Å². The predicted octanol–water partition coefficient (Wildman–Crippen LogP) is 3.25. The maximum Gasteiger partial charge on any atom is 0.258 e. The third-order valence-corrected chi connectivity index (χ3v) is 4.08. The van der Waals surface area contributed by atoms with Gasteiger partial charge < -0.3 is 9.42 Å². The van der Waals surface area contributed by atoms with E-state index >= 15 is 0 Å². The number of halogens is 1. The van der Waals surface area contributed by atoms with Crippen molar-refractivity contribution in [1.29, 1.82) is 0 Å². The number of benzene rings is 2. The number of anilines is 1. The molecule has 0 aliphatic carbocycles. The predicted molar refractivity (Wildman–Crippen MR) is 98.6 cm³/mol. The van der Waals surface area contributed by atoms with Gasteiger partial charge in [0, 0.05) is 25.3 Å². The molecule has 0 radical (unpaired) electrons. The summed E-state index contributed by atoms with van der Waals surface area (Å²) in [5.41, 5.74) is 3.35. The fraction of sp³-hybridized carbons (Fsp3) is 0.158. The van der Waals surface area contributed by atoms with E-state index in [4.69, 9.17) is 4.52 Å². The van der Waals surface area contributed by atoms with Crippen molar-refractivity contribution in [3.05, 3.63) is 66.1 Å². The van der Waals surface area contributed by atoms with Crippen molar-refractivity contribution in [3.8, 4) is 23.0 Å². The topological polar surface area (TPSA) is 72.9 Å². The van der Waals surface area contributed by atoms with Crippen LogP contribution in [0.5, 0.6) is 0 Å². The lowest BCUT2D eigenvalue weighted by Crippen LogP contribution is -2.07. The summed E-state index contributed by atoms with van der Waals surface area (Å²) in [6.45, 7) is 0.476. The zero-order chi connectivity index (χ0) is 18.8. The lowest BCUT2D eigenvalue weighted by atomic mass is 10.2. The molecule has 0 atom stereocenters. The molecule has 2 aromatic heterocycles. The number of aromatic nitrogens is 5. The van der Waals surface area contributed by atoms with Gasteiger partial charge in [0.15, 0.2) is 5.69 Å². The molecule has 0 aliphatic rings. The summed E-state index contributed by atoms with van der Waals surface area (Å²) in [7, 11) is 3.96. The van der Waals surface area contributed by atoms with Gasteiger partial charge in [0.05, 0.1) is 12.7 Å². The summed E-state index contributed by atoms with van der Waals surface area (Å²) < 4.78 is 20.0. The van der Waals surface area contributed by atoms with Crippen LogP contribution in [0.2, 0.25) is 0 Å². The molecule has 0 amide bonds. The first-order valence-corrected chi connectivity index (χ1v) is 8.35. The molecule has 136 valence electrons. The van der Waals surface area contributed by atoms with Crippen LogP contribution in [0.4, 0.5) is 10.1 Å². The van der Waals surface area contributed by atoms with Gasteiger partial charge in [-0.25, -0.2) is 9.07 Å². The Kier molecular flexibility index (Phi) is 4.37. The fourth-order valence-electron chi connectivity index (χ4n) is 2.60. The minimum atomic E-state index is -0.268. The first-order chi connectivity index (χ1) is 13.1. The maximum atomic E-state index is 13.0. The normalized spacial score (nSPS) is 10.9. The van der Waals surface area contributed by atoms with Crippen molar-refractivity contribution in [2.45, 2.75) is 6.54 Å². The number of hydrogen-bond acceptors (Lipinski definition) is 6. The van der Waals surface area contributed by atoms with E-state index in [0.717, 1.165) is 16.8 Å². The lowest BCUT2D eigenvalue weighted by Gasteiger charge is -2.11. The molecule has 0 fully saturated rings. The smallest absolute Gasteiger partial charge is 0.258 e. The molecule has 4 rings (SSSR count). The number of nitrogens with zero attached hydrogens (tertiary/aromatic N) is 6. The lowest BCUT2D eigenvalue weighted by molar-refractivity contribution is 0.432. The Balaban J connectivity index is 1.51. The molecule has 7 nitrogen and oxygen atoms in total. The highest BCUT2D eigenvalue weighted by molar-refractivity contribution is 5.60. The molecule has 0 N–H and O–H groups in total. The van der Waals surface area contributed by atoms with Crippen LogP contribution in [0.3, 0.4) is 0 Å². The Bertz CT molecular complexity index is 1040. The van der Waals surface area contributed by atoms with E-state index < -0.39 is 0 Å². The zero-order valence-electron chi connectivity index (χ0n) is 14.9. The molecule has 4 aromatic rings. The standard InChI is InChI=1S/C19H17FN6O/c1-25(2)16-9-5-14(6-10-16)19-21-18(23-27-19)17-12-26(24-22-17)11-13-3-7-15(20)8-4-13/h3-10,12H,11H2,1-2H3. The van der Waals surface area contributed by atoms with Crippen molar-refractivity contribution in [3.63, 3.8) is 0 Å². The van der Waals surface area contributed by atoms with Crippen molar-refractivity contribution >= 4 is 5.69 Å². The van der Waals surface area contributed by atoms with Crippen molar-refractivity contribution in [1.82, 2.24) is 25.1 Å². The van der Waals surface area contributed by atoms with Crippen molar-refractivity contribution < 1.29 is 8.91 Å². The highest BCUT2D eigenvalue weighted by atomic mass is 19.1. The van der Waals surface area contributed by atoms with Crippen LogP contribution in [0.15, 0.2) is 59.3 Å². The van der Waals surface area contributed by atoms with Crippen LogP contribution in [0.25, 0.3) is 23.0 Å². The second-order valence-corrected chi connectivity index (χ2v) is 6.29. The third-order valence-electron chi connectivity index (χ3n) is 4.08.